The van der Waals surface area contributed by atoms with Gasteiger partial charge in [0.25, 0.3) is 0 Å². The Balaban J connectivity index is 2.18. The summed E-state index contributed by atoms with van der Waals surface area (Å²) in [5, 5.41) is 2.53. The second-order valence-corrected chi connectivity index (χ2v) is 4.39. The minimum Gasteiger partial charge on any atom is -0.492 e. The number of nitrogens with one attached hydrogen (secondary N) is 1. The second-order valence-electron chi connectivity index (χ2n) is 4.39. The average molecular weight is 260 g/mol. The van der Waals surface area contributed by atoms with E-state index in [0.717, 1.165) is 0 Å². The van der Waals surface area contributed by atoms with Crippen LogP contribution in [-0.2, 0) is 0 Å². The molecule has 0 spiro atoms. The standard InChI is InChI=1S/C12H15F3N2O/c1-2-18-10-7-8(3-4-9(10)16)17-11(5-6-11)12(13,14)15/h3-4,7,17H,2,5-6,16H2,1H3. The molecule has 0 amide bonds. The summed E-state index contributed by atoms with van der Waals surface area (Å²) in [5.41, 5.74) is 4.69. The third kappa shape index (κ3) is 2.32. The summed E-state index contributed by atoms with van der Waals surface area (Å²) in [6.07, 6.45) is -4.03. The van der Waals surface area contributed by atoms with E-state index in [-0.39, 0.29) is 12.8 Å². The number of benzene rings is 1. The van der Waals surface area contributed by atoms with Gasteiger partial charge in [0.1, 0.15) is 11.3 Å². The molecule has 0 heterocycles. The zero-order valence-electron chi connectivity index (χ0n) is 9.97. The van der Waals surface area contributed by atoms with Crippen molar-refractivity contribution < 1.29 is 17.9 Å². The number of nitrogens with two attached hydrogens (primary N) is 1. The Morgan fingerprint density at radius 3 is 2.56 bits per heavy atom. The third-order valence-electron chi connectivity index (χ3n) is 2.99. The van der Waals surface area contributed by atoms with Crippen molar-refractivity contribution in [2.24, 2.45) is 0 Å². The van der Waals surface area contributed by atoms with Crippen molar-refractivity contribution in [3.8, 4) is 5.75 Å². The number of halogens is 3. The van der Waals surface area contributed by atoms with E-state index in [9.17, 15) is 13.2 Å². The van der Waals surface area contributed by atoms with Crippen LogP contribution in [0.2, 0.25) is 0 Å². The monoisotopic (exact) mass is 260 g/mol. The van der Waals surface area contributed by atoms with Gasteiger partial charge in [-0.05, 0) is 31.9 Å². The lowest BCUT2D eigenvalue weighted by Crippen LogP contribution is -2.38. The predicted molar refractivity (Wildman–Crippen MR) is 63.7 cm³/mol. The van der Waals surface area contributed by atoms with Crippen molar-refractivity contribution >= 4 is 11.4 Å². The highest BCUT2D eigenvalue weighted by atomic mass is 19.4. The lowest BCUT2D eigenvalue weighted by Gasteiger charge is -2.22. The molecule has 0 saturated heterocycles. The Kier molecular flexibility index (Phi) is 3.04. The van der Waals surface area contributed by atoms with Crippen LogP contribution >= 0.6 is 0 Å². The number of anilines is 2. The van der Waals surface area contributed by atoms with Crippen molar-refractivity contribution in [2.75, 3.05) is 17.7 Å². The molecule has 0 aliphatic heterocycles. The molecule has 1 aromatic carbocycles. The van der Waals surface area contributed by atoms with Crippen molar-refractivity contribution in [1.82, 2.24) is 0 Å². The lowest BCUT2D eigenvalue weighted by atomic mass is 10.2. The number of alkyl halides is 3. The number of nitrogen functional groups attached to an aromatic ring is 1. The highest BCUT2D eigenvalue weighted by molar-refractivity contribution is 5.62. The molecule has 1 aromatic rings. The van der Waals surface area contributed by atoms with Gasteiger partial charge in [0, 0.05) is 11.8 Å². The number of hydrogen-bond acceptors (Lipinski definition) is 3. The first kappa shape index (κ1) is 12.9. The number of ether oxygens (including phenoxy) is 1. The molecule has 0 bridgehead atoms. The van der Waals surface area contributed by atoms with E-state index in [1.54, 1.807) is 13.0 Å². The Morgan fingerprint density at radius 2 is 2.06 bits per heavy atom. The maximum Gasteiger partial charge on any atom is 0.411 e. The Hall–Kier alpha value is -1.59. The van der Waals surface area contributed by atoms with Crippen LogP contribution in [0.3, 0.4) is 0 Å². The Labute approximate surface area is 103 Å². The normalized spacial score (nSPS) is 17.3. The molecule has 2 rings (SSSR count). The van der Waals surface area contributed by atoms with Crippen molar-refractivity contribution in [2.45, 2.75) is 31.5 Å². The van der Waals surface area contributed by atoms with Gasteiger partial charge in [-0.2, -0.15) is 13.2 Å². The van der Waals surface area contributed by atoms with Crippen molar-refractivity contribution in [3.05, 3.63) is 18.2 Å². The quantitative estimate of drug-likeness (QED) is 0.817. The fourth-order valence-electron chi connectivity index (χ4n) is 1.77. The van der Waals surface area contributed by atoms with Crippen molar-refractivity contribution in [3.63, 3.8) is 0 Å². The Morgan fingerprint density at radius 1 is 1.39 bits per heavy atom. The SMILES string of the molecule is CCOc1cc(NC2(C(F)(F)F)CC2)ccc1N. The van der Waals surface area contributed by atoms with Crippen LogP contribution in [0.15, 0.2) is 18.2 Å². The first-order chi connectivity index (χ1) is 8.38. The van der Waals surface area contributed by atoms with E-state index < -0.39 is 11.7 Å². The maximum atomic E-state index is 12.8. The van der Waals surface area contributed by atoms with Crippen LogP contribution in [0.5, 0.6) is 5.75 Å². The van der Waals surface area contributed by atoms with Crippen molar-refractivity contribution in [1.29, 1.82) is 0 Å². The fourth-order valence-corrected chi connectivity index (χ4v) is 1.77. The van der Waals surface area contributed by atoms with Gasteiger partial charge in [0.2, 0.25) is 0 Å². The topological polar surface area (TPSA) is 47.3 Å². The molecule has 100 valence electrons. The van der Waals surface area contributed by atoms with Gasteiger partial charge in [-0.3, -0.25) is 0 Å². The highest BCUT2D eigenvalue weighted by Gasteiger charge is 2.63. The van der Waals surface area contributed by atoms with Gasteiger partial charge >= 0.3 is 6.18 Å². The zero-order chi connectivity index (χ0) is 13.4. The summed E-state index contributed by atoms with van der Waals surface area (Å²) < 4.78 is 43.6. The van der Waals surface area contributed by atoms with Crippen LogP contribution in [0.25, 0.3) is 0 Å². The summed E-state index contributed by atoms with van der Waals surface area (Å²) in [5.74, 6) is 0.403. The largest absolute Gasteiger partial charge is 0.492 e. The number of hydrogen-bond donors (Lipinski definition) is 2. The molecule has 3 N–H and O–H groups in total. The Bertz CT molecular complexity index is 441. The predicted octanol–water partition coefficient (Wildman–Crippen LogP) is 3.17. The molecule has 18 heavy (non-hydrogen) atoms. The van der Waals surface area contributed by atoms with Crippen LogP contribution in [0, 0.1) is 0 Å². The van der Waals surface area contributed by atoms with Crippen LogP contribution in [0.4, 0.5) is 24.5 Å². The van der Waals surface area contributed by atoms with E-state index >= 15 is 0 Å². The smallest absolute Gasteiger partial charge is 0.411 e. The molecule has 3 nitrogen and oxygen atoms in total. The van der Waals surface area contributed by atoms with Crippen LogP contribution in [-0.4, -0.2) is 18.3 Å². The number of rotatable bonds is 4. The maximum absolute atomic E-state index is 12.8. The summed E-state index contributed by atoms with van der Waals surface area (Å²) in [6, 6.07) is 4.58. The average Bonchev–Trinajstić information content (AvgIpc) is 3.04. The molecule has 1 aliphatic rings. The molecule has 0 aromatic heterocycles. The first-order valence-electron chi connectivity index (χ1n) is 5.75. The first-order valence-corrected chi connectivity index (χ1v) is 5.75. The molecule has 6 heteroatoms. The van der Waals surface area contributed by atoms with Gasteiger partial charge in [-0.15, -0.1) is 0 Å². The van der Waals surface area contributed by atoms with Crippen LogP contribution in [0.1, 0.15) is 19.8 Å². The molecule has 1 fully saturated rings. The minimum absolute atomic E-state index is 0.102. The van der Waals surface area contributed by atoms with Gasteiger partial charge in [-0.1, -0.05) is 0 Å². The molecule has 1 saturated carbocycles. The third-order valence-corrected chi connectivity index (χ3v) is 2.99. The van der Waals surface area contributed by atoms with Gasteiger partial charge in [-0.25, -0.2) is 0 Å². The lowest BCUT2D eigenvalue weighted by molar-refractivity contribution is -0.151. The summed E-state index contributed by atoms with van der Waals surface area (Å²) in [6.45, 7) is 2.20. The summed E-state index contributed by atoms with van der Waals surface area (Å²) in [7, 11) is 0. The molecular formula is C12H15F3N2O. The van der Waals surface area contributed by atoms with Gasteiger partial charge in [0.05, 0.1) is 12.3 Å². The summed E-state index contributed by atoms with van der Waals surface area (Å²) in [4.78, 5) is 0. The molecule has 0 atom stereocenters. The van der Waals surface area contributed by atoms with E-state index in [1.165, 1.54) is 12.1 Å². The van der Waals surface area contributed by atoms with E-state index in [0.29, 0.717) is 23.7 Å². The molecule has 0 radical (unpaired) electrons. The molecule has 0 unspecified atom stereocenters. The van der Waals surface area contributed by atoms with E-state index in [4.69, 9.17) is 10.5 Å². The molecule has 1 aliphatic carbocycles. The zero-order valence-corrected chi connectivity index (χ0v) is 9.97. The second kappa shape index (κ2) is 4.26. The van der Waals surface area contributed by atoms with Gasteiger partial charge in [0.15, 0.2) is 0 Å². The molecular weight excluding hydrogens is 245 g/mol. The van der Waals surface area contributed by atoms with E-state index in [2.05, 4.69) is 5.32 Å². The minimum atomic E-state index is -4.24. The van der Waals surface area contributed by atoms with Crippen LogP contribution < -0.4 is 15.8 Å². The highest BCUT2D eigenvalue weighted by Crippen LogP contribution is 2.51. The van der Waals surface area contributed by atoms with Gasteiger partial charge < -0.3 is 15.8 Å². The van der Waals surface area contributed by atoms with E-state index in [1.807, 2.05) is 0 Å². The fraction of sp³-hybridized carbons (Fsp3) is 0.500. The summed E-state index contributed by atoms with van der Waals surface area (Å²) >= 11 is 0.